The van der Waals surface area contributed by atoms with Crippen LogP contribution in [0.5, 0.6) is 0 Å². The quantitative estimate of drug-likeness (QED) is 0.818. The topological polar surface area (TPSA) is 69.8 Å². The summed E-state index contributed by atoms with van der Waals surface area (Å²) in [5.74, 6) is -0.269. The van der Waals surface area contributed by atoms with Crippen LogP contribution in [0.1, 0.15) is 25.5 Å². The number of aliphatic carboxylic acids is 1. The third kappa shape index (κ3) is 4.68. The van der Waals surface area contributed by atoms with E-state index < -0.39 is 5.97 Å². The molecule has 0 amide bonds. The van der Waals surface area contributed by atoms with Gasteiger partial charge in [-0.05, 0) is 43.7 Å². The van der Waals surface area contributed by atoms with Crippen molar-refractivity contribution in [2.45, 2.75) is 32.4 Å². The second-order valence-electron chi connectivity index (χ2n) is 6.65. The van der Waals surface area contributed by atoms with Crippen molar-refractivity contribution in [3.8, 4) is 11.3 Å². The lowest BCUT2D eigenvalue weighted by Crippen LogP contribution is -2.46. The van der Waals surface area contributed by atoms with Crippen molar-refractivity contribution < 1.29 is 18.8 Å². The Hall–Kier alpha value is -2.25. The summed E-state index contributed by atoms with van der Waals surface area (Å²) in [6.45, 7) is 5.32. The van der Waals surface area contributed by atoms with E-state index in [0.29, 0.717) is 18.3 Å². The molecule has 1 aliphatic heterocycles. The molecule has 0 aliphatic carbocycles. The number of carboxylic acids is 1. The van der Waals surface area contributed by atoms with E-state index in [1.165, 1.54) is 12.1 Å². The van der Waals surface area contributed by atoms with Gasteiger partial charge >= 0.3 is 5.97 Å². The van der Waals surface area contributed by atoms with E-state index in [0.717, 1.165) is 43.8 Å². The number of benzene rings is 1. The Kier molecular flexibility index (Phi) is 6.00. The highest BCUT2D eigenvalue weighted by atomic mass is 19.1. The number of likely N-dealkylation sites (N-methyl/N-ethyl adjacent to an activating group) is 1. The zero-order valence-electron chi connectivity index (χ0n) is 14.9. The summed E-state index contributed by atoms with van der Waals surface area (Å²) >= 11 is 0. The van der Waals surface area contributed by atoms with Gasteiger partial charge in [0.15, 0.2) is 5.76 Å². The first-order valence-corrected chi connectivity index (χ1v) is 8.95. The van der Waals surface area contributed by atoms with Crippen LogP contribution < -0.4 is 0 Å². The predicted molar refractivity (Wildman–Crippen MR) is 95.1 cm³/mol. The van der Waals surface area contributed by atoms with Gasteiger partial charge in [0.1, 0.15) is 11.5 Å². The van der Waals surface area contributed by atoms with Gasteiger partial charge in [-0.2, -0.15) is 0 Å². The number of piperidine rings is 1. The molecule has 0 saturated carbocycles. The maximum Gasteiger partial charge on any atom is 0.317 e. The van der Waals surface area contributed by atoms with Crippen LogP contribution in [-0.4, -0.2) is 58.3 Å². The van der Waals surface area contributed by atoms with Gasteiger partial charge < -0.3 is 9.63 Å². The maximum absolute atomic E-state index is 13.0. The summed E-state index contributed by atoms with van der Waals surface area (Å²) in [5.41, 5.74) is 1.53. The monoisotopic (exact) mass is 361 g/mol. The van der Waals surface area contributed by atoms with Crippen molar-refractivity contribution in [3.63, 3.8) is 0 Å². The summed E-state index contributed by atoms with van der Waals surface area (Å²) < 4.78 is 18.4. The fraction of sp³-hybridized carbons (Fsp3) is 0.474. The fourth-order valence-corrected chi connectivity index (χ4v) is 3.48. The first kappa shape index (κ1) is 18.5. The summed E-state index contributed by atoms with van der Waals surface area (Å²) in [6, 6.07) is 8.39. The van der Waals surface area contributed by atoms with Gasteiger partial charge in [-0.15, -0.1) is 0 Å². The van der Waals surface area contributed by atoms with Crippen LogP contribution in [0.25, 0.3) is 11.3 Å². The molecule has 1 saturated heterocycles. The molecular weight excluding hydrogens is 337 g/mol. The third-order valence-corrected chi connectivity index (χ3v) is 4.90. The molecule has 3 rings (SSSR count). The Morgan fingerprint density at radius 1 is 1.35 bits per heavy atom. The molecule has 0 spiro atoms. The molecule has 1 aliphatic rings. The van der Waals surface area contributed by atoms with Crippen molar-refractivity contribution >= 4 is 5.97 Å². The number of carbonyl (C=O) groups is 1. The molecule has 6 nitrogen and oxygen atoms in total. The highest BCUT2D eigenvalue weighted by Gasteiger charge is 2.25. The summed E-state index contributed by atoms with van der Waals surface area (Å²) in [4.78, 5) is 15.3. The Morgan fingerprint density at radius 2 is 2.04 bits per heavy atom. The smallest absolute Gasteiger partial charge is 0.317 e. The van der Waals surface area contributed by atoms with Crippen LogP contribution >= 0.6 is 0 Å². The number of hydrogen-bond acceptors (Lipinski definition) is 5. The molecule has 1 aromatic carbocycles. The molecule has 0 atom stereocenters. The second-order valence-corrected chi connectivity index (χ2v) is 6.65. The van der Waals surface area contributed by atoms with Gasteiger partial charge in [-0.3, -0.25) is 14.6 Å². The number of carboxylic acid groups (broad SMARTS) is 1. The highest BCUT2D eigenvalue weighted by molar-refractivity contribution is 5.69. The lowest BCUT2D eigenvalue weighted by Gasteiger charge is -2.37. The van der Waals surface area contributed by atoms with E-state index in [-0.39, 0.29) is 12.4 Å². The molecule has 26 heavy (non-hydrogen) atoms. The first-order valence-electron chi connectivity index (χ1n) is 8.95. The molecule has 7 heteroatoms. The lowest BCUT2D eigenvalue weighted by molar-refractivity contribution is -0.139. The molecule has 2 heterocycles. The average molecular weight is 361 g/mol. The van der Waals surface area contributed by atoms with E-state index in [9.17, 15) is 9.18 Å². The molecule has 1 aromatic heterocycles. The standard InChI is InChI=1S/C19H24FN3O3/c1-2-23(13-19(24)25)16-7-9-22(10-8-16)12-17-11-18(21-26-17)14-3-5-15(20)6-4-14/h3-6,11,16H,2,7-10,12-13H2,1H3,(H,24,25). The maximum atomic E-state index is 13.0. The van der Waals surface area contributed by atoms with E-state index >= 15 is 0 Å². The largest absolute Gasteiger partial charge is 0.480 e. The van der Waals surface area contributed by atoms with E-state index in [1.807, 2.05) is 17.9 Å². The molecule has 0 unspecified atom stereocenters. The highest BCUT2D eigenvalue weighted by Crippen LogP contribution is 2.22. The number of likely N-dealkylation sites (tertiary alicyclic amines) is 1. The Bertz CT molecular complexity index is 724. The molecule has 1 fully saturated rings. The zero-order valence-corrected chi connectivity index (χ0v) is 14.9. The molecule has 140 valence electrons. The van der Waals surface area contributed by atoms with Crippen LogP contribution in [-0.2, 0) is 11.3 Å². The Balaban J connectivity index is 1.53. The summed E-state index contributed by atoms with van der Waals surface area (Å²) in [5, 5.41) is 13.1. The van der Waals surface area contributed by atoms with E-state index in [4.69, 9.17) is 9.63 Å². The van der Waals surface area contributed by atoms with Crippen LogP contribution in [0.4, 0.5) is 4.39 Å². The van der Waals surface area contributed by atoms with Crippen molar-refractivity contribution in [1.82, 2.24) is 15.0 Å². The van der Waals surface area contributed by atoms with E-state index in [1.54, 1.807) is 12.1 Å². The van der Waals surface area contributed by atoms with Crippen LogP contribution in [0.15, 0.2) is 34.9 Å². The minimum atomic E-state index is -0.774. The zero-order chi connectivity index (χ0) is 18.5. The van der Waals surface area contributed by atoms with Crippen LogP contribution in [0.2, 0.25) is 0 Å². The minimum Gasteiger partial charge on any atom is -0.480 e. The third-order valence-electron chi connectivity index (χ3n) is 4.90. The van der Waals surface area contributed by atoms with Crippen LogP contribution in [0.3, 0.4) is 0 Å². The van der Waals surface area contributed by atoms with E-state index in [2.05, 4.69) is 10.1 Å². The van der Waals surface area contributed by atoms with Crippen molar-refractivity contribution in [1.29, 1.82) is 0 Å². The summed E-state index contributed by atoms with van der Waals surface area (Å²) in [7, 11) is 0. The fourth-order valence-electron chi connectivity index (χ4n) is 3.48. The molecule has 0 bridgehead atoms. The second kappa shape index (κ2) is 8.42. The van der Waals surface area contributed by atoms with Crippen LogP contribution in [0, 0.1) is 5.82 Å². The number of halogens is 1. The SMILES string of the molecule is CCN(CC(=O)O)C1CCN(Cc2cc(-c3ccc(F)cc3)no2)CC1. The summed E-state index contributed by atoms with van der Waals surface area (Å²) in [6.07, 6.45) is 1.89. The first-order chi connectivity index (χ1) is 12.5. The van der Waals surface area contributed by atoms with Gasteiger partial charge in [0.05, 0.1) is 13.1 Å². The Labute approximate surface area is 152 Å². The van der Waals surface area contributed by atoms with Crippen molar-refractivity contribution in [3.05, 3.63) is 41.9 Å². The molecule has 1 N–H and O–H groups in total. The number of aromatic nitrogens is 1. The minimum absolute atomic E-state index is 0.101. The Morgan fingerprint density at radius 3 is 2.65 bits per heavy atom. The van der Waals surface area contributed by atoms with Gasteiger partial charge in [0, 0.05) is 30.8 Å². The number of rotatable bonds is 7. The molecule has 0 radical (unpaired) electrons. The average Bonchev–Trinajstić information content (AvgIpc) is 3.09. The van der Waals surface area contributed by atoms with Gasteiger partial charge in [-0.1, -0.05) is 12.1 Å². The molecule has 2 aromatic rings. The van der Waals surface area contributed by atoms with Crippen molar-refractivity contribution in [2.24, 2.45) is 0 Å². The van der Waals surface area contributed by atoms with Crippen molar-refractivity contribution in [2.75, 3.05) is 26.2 Å². The van der Waals surface area contributed by atoms with Gasteiger partial charge in [0.25, 0.3) is 0 Å². The predicted octanol–water partition coefficient (Wildman–Crippen LogP) is 2.85. The normalized spacial score (nSPS) is 16.3. The van der Waals surface area contributed by atoms with Gasteiger partial charge in [0.2, 0.25) is 0 Å². The lowest BCUT2D eigenvalue weighted by atomic mass is 10.0. The van der Waals surface area contributed by atoms with Gasteiger partial charge in [-0.25, -0.2) is 4.39 Å². The molecular formula is C19H24FN3O3. The number of nitrogens with zero attached hydrogens (tertiary/aromatic N) is 3. The number of hydrogen-bond donors (Lipinski definition) is 1.